The molecule has 0 spiro atoms. The summed E-state index contributed by atoms with van der Waals surface area (Å²) in [7, 11) is 0. The van der Waals surface area contributed by atoms with Crippen LogP contribution >= 0.6 is 34.8 Å². The van der Waals surface area contributed by atoms with Crippen molar-refractivity contribution in [3.63, 3.8) is 0 Å². The molecule has 0 unspecified atom stereocenters. The molecule has 1 aromatic heterocycles. The molecule has 14 heteroatoms. The van der Waals surface area contributed by atoms with Gasteiger partial charge in [-0.1, -0.05) is 40.9 Å². The van der Waals surface area contributed by atoms with Gasteiger partial charge >= 0.3 is 6.18 Å². The predicted octanol–water partition coefficient (Wildman–Crippen LogP) is 6.43. The average molecular weight is 644 g/mol. The molecule has 8 nitrogen and oxygen atoms in total. The molecule has 1 fully saturated rings. The number of nitrogens with zero attached hydrogens (tertiary/aromatic N) is 2. The first-order chi connectivity index (χ1) is 20.0. The van der Waals surface area contributed by atoms with Gasteiger partial charge in [0.2, 0.25) is 0 Å². The number of aromatic nitrogens is 1. The number of hydrogen-bond acceptors (Lipinski definition) is 6. The zero-order valence-corrected chi connectivity index (χ0v) is 24.1. The van der Waals surface area contributed by atoms with E-state index in [1.807, 2.05) is 0 Å². The third-order valence-electron chi connectivity index (χ3n) is 6.02. The van der Waals surface area contributed by atoms with Gasteiger partial charge in [0.05, 0.1) is 23.8 Å². The lowest BCUT2D eigenvalue weighted by Gasteiger charge is -2.26. The van der Waals surface area contributed by atoms with E-state index in [1.165, 1.54) is 42.6 Å². The van der Waals surface area contributed by atoms with Crippen LogP contribution in [0.2, 0.25) is 15.2 Å². The van der Waals surface area contributed by atoms with Gasteiger partial charge in [-0.05, 0) is 48.5 Å². The molecule has 4 rings (SSSR count). The largest absolute Gasteiger partial charge is 0.490 e. The van der Waals surface area contributed by atoms with Crippen LogP contribution in [0.4, 0.5) is 24.5 Å². The lowest BCUT2D eigenvalue weighted by atomic mass is 10.1. The summed E-state index contributed by atoms with van der Waals surface area (Å²) in [6.07, 6.45) is -2.09. The van der Waals surface area contributed by atoms with Crippen LogP contribution in [-0.4, -0.2) is 61.2 Å². The van der Waals surface area contributed by atoms with Crippen LogP contribution in [0, 0.1) is 0 Å². The molecule has 2 N–H and O–H groups in total. The number of pyridine rings is 1. The van der Waals surface area contributed by atoms with Crippen molar-refractivity contribution in [2.45, 2.75) is 6.18 Å². The number of rotatable bonds is 9. The van der Waals surface area contributed by atoms with Gasteiger partial charge in [-0.2, -0.15) is 13.2 Å². The third-order valence-corrected chi connectivity index (χ3v) is 6.72. The molecule has 1 aliphatic rings. The molecule has 2 heterocycles. The second-order valence-electron chi connectivity index (χ2n) is 9.02. The predicted molar refractivity (Wildman–Crippen MR) is 155 cm³/mol. The number of morpholine rings is 1. The van der Waals surface area contributed by atoms with E-state index in [1.54, 1.807) is 0 Å². The van der Waals surface area contributed by atoms with Crippen LogP contribution < -0.4 is 15.4 Å². The summed E-state index contributed by atoms with van der Waals surface area (Å²) in [5, 5.41) is 5.32. The van der Waals surface area contributed by atoms with Crippen LogP contribution in [0.1, 0.15) is 11.1 Å². The van der Waals surface area contributed by atoms with Crippen LogP contribution in [0.15, 0.2) is 60.3 Å². The minimum atomic E-state index is -4.64. The normalized spacial score (nSPS) is 14.4. The summed E-state index contributed by atoms with van der Waals surface area (Å²) in [5.41, 5.74) is -1.20. The van der Waals surface area contributed by atoms with Crippen molar-refractivity contribution in [3.05, 3.63) is 86.6 Å². The van der Waals surface area contributed by atoms with Crippen LogP contribution in [0.25, 0.3) is 6.08 Å². The summed E-state index contributed by atoms with van der Waals surface area (Å²) in [4.78, 5) is 32.8. The summed E-state index contributed by atoms with van der Waals surface area (Å²) in [6, 6.07) is 9.73. The fourth-order valence-electron chi connectivity index (χ4n) is 3.98. The topological polar surface area (TPSA) is 92.8 Å². The van der Waals surface area contributed by atoms with Crippen molar-refractivity contribution >= 4 is 64.1 Å². The highest BCUT2D eigenvalue weighted by molar-refractivity contribution is 6.36. The molecule has 0 saturated carbocycles. The molecule has 1 saturated heterocycles. The van der Waals surface area contributed by atoms with Gasteiger partial charge in [0.15, 0.2) is 0 Å². The highest BCUT2D eigenvalue weighted by atomic mass is 35.5. The molecular weight excluding hydrogens is 620 g/mol. The Morgan fingerprint density at radius 3 is 2.36 bits per heavy atom. The van der Waals surface area contributed by atoms with Gasteiger partial charge in [0.25, 0.3) is 11.8 Å². The van der Waals surface area contributed by atoms with Gasteiger partial charge in [0.1, 0.15) is 23.1 Å². The molecule has 1 aliphatic heterocycles. The number of amides is 2. The molecule has 42 heavy (non-hydrogen) atoms. The van der Waals surface area contributed by atoms with E-state index >= 15 is 0 Å². The number of benzene rings is 2. The quantitative estimate of drug-likeness (QED) is 0.121. The number of ether oxygens (including phenoxy) is 2. The van der Waals surface area contributed by atoms with E-state index in [-0.39, 0.29) is 44.5 Å². The number of nitrogens with one attached hydrogen (secondary N) is 2. The van der Waals surface area contributed by atoms with Crippen molar-refractivity contribution in [3.8, 4) is 5.75 Å². The van der Waals surface area contributed by atoms with E-state index in [2.05, 4.69) is 20.5 Å². The van der Waals surface area contributed by atoms with Crippen LogP contribution in [0.3, 0.4) is 0 Å². The highest BCUT2D eigenvalue weighted by Gasteiger charge is 2.31. The van der Waals surface area contributed by atoms with Crippen LogP contribution in [-0.2, 0) is 20.5 Å². The molecule has 2 aromatic carbocycles. The Morgan fingerprint density at radius 2 is 1.69 bits per heavy atom. The Kier molecular flexibility index (Phi) is 10.7. The lowest BCUT2D eigenvalue weighted by Crippen LogP contribution is -2.38. The molecule has 3 aromatic rings. The van der Waals surface area contributed by atoms with Crippen molar-refractivity contribution in [2.75, 3.05) is 50.1 Å². The zero-order valence-electron chi connectivity index (χ0n) is 21.8. The van der Waals surface area contributed by atoms with E-state index < -0.39 is 29.1 Å². The molecule has 0 aliphatic carbocycles. The summed E-state index contributed by atoms with van der Waals surface area (Å²) < 4.78 is 51.0. The Hall–Kier alpha value is -3.35. The summed E-state index contributed by atoms with van der Waals surface area (Å²) in [5.74, 6) is -1.72. The van der Waals surface area contributed by atoms with E-state index in [0.717, 1.165) is 31.3 Å². The van der Waals surface area contributed by atoms with Crippen molar-refractivity contribution in [1.82, 2.24) is 9.88 Å². The maximum atomic E-state index is 13.4. The second-order valence-corrected chi connectivity index (χ2v) is 10.3. The number of hydrogen-bond donors (Lipinski definition) is 2. The van der Waals surface area contributed by atoms with E-state index in [4.69, 9.17) is 44.3 Å². The molecule has 2 amide bonds. The Morgan fingerprint density at radius 1 is 1.00 bits per heavy atom. The standard InChI is InChI=1S/C28H24Cl3F3N4O4/c29-19-12-17(25(23(30)15-19)42-11-8-38-6-9-41-10-7-38)13-22(27(40)37-21-4-5-35-24(31)16-21)26(39)36-20-3-1-2-18(14-20)28(32,33)34/h1-5,12-16H,6-11H2,(H,36,39)(H,35,37,40)/b22-13-. The maximum Gasteiger partial charge on any atom is 0.416 e. The number of carbonyl (C=O) groups excluding carboxylic acids is 2. The SMILES string of the molecule is O=C(Nc1cccc(C(F)(F)F)c1)/C(=C/c1cc(Cl)cc(Cl)c1OCCN1CCOCC1)C(=O)Nc1ccnc(Cl)c1. The first kappa shape index (κ1) is 31.6. The van der Waals surface area contributed by atoms with Gasteiger partial charge in [-0.15, -0.1) is 0 Å². The van der Waals surface area contributed by atoms with Gasteiger partial charge in [-0.3, -0.25) is 14.5 Å². The number of carbonyl (C=O) groups is 2. The molecular formula is C28H24Cl3F3N4O4. The van der Waals surface area contributed by atoms with Crippen molar-refractivity contribution in [1.29, 1.82) is 0 Å². The van der Waals surface area contributed by atoms with Gasteiger partial charge < -0.3 is 20.1 Å². The van der Waals surface area contributed by atoms with Crippen LogP contribution in [0.5, 0.6) is 5.75 Å². The molecule has 0 bridgehead atoms. The Labute approximate surface area is 254 Å². The fourth-order valence-corrected chi connectivity index (χ4v) is 4.72. The Bertz CT molecular complexity index is 1480. The lowest BCUT2D eigenvalue weighted by molar-refractivity contribution is -0.137. The smallest absolute Gasteiger partial charge is 0.416 e. The van der Waals surface area contributed by atoms with E-state index in [0.29, 0.717) is 19.8 Å². The Balaban J connectivity index is 1.67. The van der Waals surface area contributed by atoms with Crippen molar-refractivity contribution < 1.29 is 32.2 Å². The summed E-state index contributed by atoms with van der Waals surface area (Å²) >= 11 is 18.6. The number of alkyl halides is 3. The third kappa shape index (κ3) is 8.83. The number of halogens is 6. The van der Waals surface area contributed by atoms with E-state index in [9.17, 15) is 22.8 Å². The first-order valence-corrected chi connectivity index (χ1v) is 13.7. The minimum absolute atomic E-state index is 0.0873. The average Bonchev–Trinajstić information content (AvgIpc) is 2.93. The monoisotopic (exact) mass is 642 g/mol. The molecule has 0 radical (unpaired) electrons. The second kappa shape index (κ2) is 14.2. The maximum absolute atomic E-state index is 13.4. The zero-order chi connectivity index (χ0) is 30.3. The first-order valence-electron chi connectivity index (χ1n) is 12.5. The minimum Gasteiger partial charge on any atom is -0.490 e. The fraction of sp³-hybridized carbons (Fsp3) is 0.250. The number of anilines is 2. The van der Waals surface area contributed by atoms with Crippen molar-refractivity contribution in [2.24, 2.45) is 0 Å². The molecule has 0 atom stereocenters. The van der Waals surface area contributed by atoms with Gasteiger partial charge in [0, 0.05) is 47.8 Å². The molecule has 222 valence electrons. The highest BCUT2D eigenvalue weighted by Crippen LogP contribution is 2.35. The van der Waals surface area contributed by atoms with Gasteiger partial charge in [-0.25, -0.2) is 4.98 Å². The summed E-state index contributed by atoms with van der Waals surface area (Å²) in [6.45, 7) is 3.50.